The summed E-state index contributed by atoms with van der Waals surface area (Å²) in [5.41, 5.74) is 20.6. The molecule has 0 N–H and O–H groups in total. The molecule has 2 heteroatoms. The Bertz CT molecular complexity index is 2980. The number of nitriles is 2. The van der Waals surface area contributed by atoms with Crippen molar-refractivity contribution in [3.8, 4) is 34.4 Å². The van der Waals surface area contributed by atoms with Crippen molar-refractivity contribution in [2.24, 2.45) is 0 Å². The van der Waals surface area contributed by atoms with Crippen LogP contribution in [-0.4, -0.2) is 0 Å². The van der Waals surface area contributed by atoms with E-state index in [-0.39, 0.29) is 16.2 Å². The predicted octanol–water partition coefficient (Wildman–Crippen LogP) is 14.1. The van der Waals surface area contributed by atoms with E-state index in [9.17, 15) is 10.5 Å². The third kappa shape index (κ3) is 5.01. The Labute approximate surface area is 343 Å². The van der Waals surface area contributed by atoms with Crippen LogP contribution >= 0.6 is 0 Å². The van der Waals surface area contributed by atoms with Crippen LogP contribution in [0.1, 0.15) is 97.2 Å². The summed E-state index contributed by atoms with van der Waals surface area (Å²) < 4.78 is 0. The minimum absolute atomic E-state index is 0.308. The third-order valence-electron chi connectivity index (χ3n) is 13.6. The molecule has 0 heterocycles. The van der Waals surface area contributed by atoms with Crippen LogP contribution in [0, 0.1) is 22.7 Å². The van der Waals surface area contributed by atoms with Gasteiger partial charge in [-0.1, -0.05) is 146 Å². The second-order valence-electron chi connectivity index (χ2n) is 17.6. The van der Waals surface area contributed by atoms with Gasteiger partial charge in [-0.05, 0) is 148 Å². The number of hydrogen-bond acceptors (Lipinski definition) is 2. The van der Waals surface area contributed by atoms with E-state index in [1.54, 1.807) is 0 Å². The van der Waals surface area contributed by atoms with E-state index in [1.807, 2.05) is 48.6 Å². The van der Waals surface area contributed by atoms with Gasteiger partial charge in [-0.15, -0.1) is 0 Å². The highest BCUT2D eigenvalue weighted by Gasteiger charge is 2.49. The molecule has 0 aromatic heterocycles. The molecule has 0 amide bonds. The standard InChI is InChI=1S/C56H46N2/c1-10-39-40(11-2)51(37-26-22-35(32-58)23-27-37)43-30-47-44(29-42(43)50(39)36-24-20-34(31-57)21-25-36)52-48(55(47,6)7)28-38-16-12-14-18-45(38)54(4,5)33(3)49-41-17-13-15-19-46(41)56(8,9)53(49)52/h10-27,29-30H,1-3,28H2,4-9H3. The van der Waals surface area contributed by atoms with Crippen LogP contribution in [0.2, 0.25) is 0 Å². The number of nitrogens with zero attached hydrogens (tertiary/aromatic N) is 2. The normalized spacial score (nSPS) is 16.8. The van der Waals surface area contributed by atoms with Crippen molar-refractivity contribution in [3.05, 3.63) is 201 Å². The number of benzene rings is 6. The summed E-state index contributed by atoms with van der Waals surface area (Å²) in [6.07, 6.45) is 4.69. The van der Waals surface area contributed by atoms with Gasteiger partial charge in [0.2, 0.25) is 0 Å². The zero-order valence-corrected chi connectivity index (χ0v) is 34.3. The SMILES string of the molecule is C=Cc1c(C=C)c(-c2ccc(C#N)cc2)c2cc3c(cc2c1-c1ccc(C#N)cc1)C1=C(Cc2ccccc2C(C)(C)C(=C)C2=C1C(C)(C)c1ccccc12)C3(C)C. The highest BCUT2D eigenvalue weighted by molar-refractivity contribution is 6.15. The molecule has 0 unspecified atom stereocenters. The maximum Gasteiger partial charge on any atom is 0.0991 e. The Kier molecular flexibility index (Phi) is 8.20. The molecule has 0 spiro atoms. The molecule has 0 saturated heterocycles. The van der Waals surface area contributed by atoms with E-state index in [0.29, 0.717) is 11.1 Å². The Morgan fingerprint density at radius 2 is 1.07 bits per heavy atom. The lowest BCUT2D eigenvalue weighted by atomic mass is 9.71. The highest BCUT2D eigenvalue weighted by Crippen LogP contribution is 2.62. The lowest BCUT2D eigenvalue weighted by Gasteiger charge is -2.33. The second-order valence-corrected chi connectivity index (χ2v) is 17.6. The molecule has 280 valence electrons. The molecule has 0 radical (unpaired) electrons. The monoisotopic (exact) mass is 746 g/mol. The molecular formula is C56H46N2. The summed E-state index contributed by atoms with van der Waals surface area (Å²) in [5, 5.41) is 21.7. The van der Waals surface area contributed by atoms with Crippen LogP contribution in [0.15, 0.2) is 146 Å². The molecule has 0 fully saturated rings. The van der Waals surface area contributed by atoms with Crippen molar-refractivity contribution in [3.63, 3.8) is 0 Å². The highest BCUT2D eigenvalue weighted by atomic mass is 14.5. The number of rotatable bonds is 4. The van der Waals surface area contributed by atoms with E-state index in [2.05, 4.69) is 140 Å². The van der Waals surface area contributed by atoms with Gasteiger partial charge in [-0.2, -0.15) is 10.5 Å². The molecule has 3 aliphatic rings. The van der Waals surface area contributed by atoms with E-state index < -0.39 is 0 Å². The van der Waals surface area contributed by atoms with Crippen LogP contribution in [0.5, 0.6) is 0 Å². The summed E-state index contributed by atoms with van der Waals surface area (Å²) in [5.74, 6) is 0. The van der Waals surface area contributed by atoms with Gasteiger partial charge in [0.1, 0.15) is 0 Å². The van der Waals surface area contributed by atoms with Crippen molar-refractivity contribution < 1.29 is 0 Å². The first-order chi connectivity index (χ1) is 27.8. The van der Waals surface area contributed by atoms with Gasteiger partial charge in [0, 0.05) is 16.2 Å². The van der Waals surface area contributed by atoms with Crippen LogP contribution in [0.4, 0.5) is 0 Å². The summed E-state index contributed by atoms with van der Waals surface area (Å²) in [7, 11) is 0. The van der Waals surface area contributed by atoms with E-state index in [1.165, 1.54) is 55.7 Å². The number of fused-ring (bicyclic) bond motifs is 7. The van der Waals surface area contributed by atoms with Gasteiger partial charge < -0.3 is 0 Å². The lowest BCUT2D eigenvalue weighted by molar-refractivity contribution is 0.609. The molecule has 6 aromatic carbocycles. The average molecular weight is 747 g/mol. The van der Waals surface area contributed by atoms with Crippen molar-refractivity contribution in [1.82, 2.24) is 0 Å². The Morgan fingerprint density at radius 3 is 1.62 bits per heavy atom. The molecule has 0 atom stereocenters. The first-order valence-corrected chi connectivity index (χ1v) is 20.1. The fourth-order valence-electron chi connectivity index (χ4n) is 10.5. The maximum atomic E-state index is 9.76. The number of allylic oxidation sites excluding steroid dienone is 5. The largest absolute Gasteiger partial charge is 0.192 e. The average Bonchev–Trinajstić information content (AvgIpc) is 3.60. The van der Waals surface area contributed by atoms with Gasteiger partial charge in [0.25, 0.3) is 0 Å². The fourth-order valence-corrected chi connectivity index (χ4v) is 10.5. The van der Waals surface area contributed by atoms with Gasteiger partial charge >= 0.3 is 0 Å². The molecule has 9 rings (SSSR count). The molecule has 2 nitrogen and oxygen atoms in total. The minimum atomic E-state index is -0.341. The quantitative estimate of drug-likeness (QED) is 0.180. The van der Waals surface area contributed by atoms with Crippen molar-refractivity contribution in [2.75, 3.05) is 0 Å². The molecule has 0 bridgehead atoms. The topological polar surface area (TPSA) is 47.6 Å². The fraction of sp³-hybridized carbons (Fsp3) is 0.179. The van der Waals surface area contributed by atoms with Gasteiger partial charge in [0.15, 0.2) is 0 Å². The summed E-state index contributed by atoms with van der Waals surface area (Å²) in [6, 6.07) is 43.2. The third-order valence-corrected chi connectivity index (χ3v) is 13.6. The smallest absolute Gasteiger partial charge is 0.0991 e. The molecule has 0 saturated carbocycles. The summed E-state index contributed by atoms with van der Waals surface area (Å²) in [6.45, 7) is 28.0. The van der Waals surface area contributed by atoms with Gasteiger partial charge in [-0.3, -0.25) is 0 Å². The predicted molar refractivity (Wildman–Crippen MR) is 243 cm³/mol. The lowest BCUT2D eigenvalue weighted by Crippen LogP contribution is -2.24. The zero-order chi connectivity index (χ0) is 40.9. The Hall–Kier alpha value is -6.74. The zero-order valence-electron chi connectivity index (χ0n) is 34.3. The number of hydrogen-bond donors (Lipinski definition) is 0. The van der Waals surface area contributed by atoms with E-state index in [4.69, 9.17) is 6.58 Å². The van der Waals surface area contributed by atoms with Gasteiger partial charge in [-0.25, -0.2) is 0 Å². The maximum absolute atomic E-state index is 9.76. The van der Waals surface area contributed by atoms with Crippen molar-refractivity contribution in [2.45, 2.75) is 64.2 Å². The molecule has 0 aliphatic heterocycles. The van der Waals surface area contributed by atoms with Crippen LogP contribution < -0.4 is 0 Å². The first kappa shape index (κ1) is 36.9. The van der Waals surface area contributed by atoms with Gasteiger partial charge in [0.05, 0.1) is 23.3 Å². The van der Waals surface area contributed by atoms with E-state index >= 15 is 0 Å². The van der Waals surface area contributed by atoms with E-state index in [0.717, 1.165) is 56.1 Å². The summed E-state index contributed by atoms with van der Waals surface area (Å²) >= 11 is 0. The Morgan fingerprint density at radius 1 is 0.552 bits per heavy atom. The first-order valence-electron chi connectivity index (χ1n) is 20.1. The Balaban J connectivity index is 1.47. The molecule has 58 heavy (non-hydrogen) atoms. The molecule has 3 aliphatic carbocycles. The van der Waals surface area contributed by atoms with Crippen LogP contribution in [0.25, 0.3) is 56.3 Å². The molecular weight excluding hydrogens is 701 g/mol. The van der Waals surface area contributed by atoms with Crippen LogP contribution in [0.3, 0.4) is 0 Å². The molecule has 6 aromatic rings. The minimum Gasteiger partial charge on any atom is -0.192 e. The second kappa shape index (κ2) is 12.9. The van der Waals surface area contributed by atoms with Crippen molar-refractivity contribution >= 4 is 34.1 Å². The van der Waals surface area contributed by atoms with Crippen LogP contribution in [-0.2, 0) is 22.7 Å². The summed E-state index contributed by atoms with van der Waals surface area (Å²) in [4.78, 5) is 0. The van der Waals surface area contributed by atoms with Crippen molar-refractivity contribution in [1.29, 1.82) is 10.5 Å².